The van der Waals surface area contributed by atoms with Gasteiger partial charge < -0.3 is 35.6 Å². The zero-order valence-electron chi connectivity index (χ0n) is 43.1. The Morgan fingerprint density at radius 1 is 0.958 bits per heavy atom. The number of halogens is 1. The van der Waals surface area contributed by atoms with Gasteiger partial charge in [-0.2, -0.15) is 5.26 Å². The van der Waals surface area contributed by atoms with Gasteiger partial charge in [-0.15, -0.1) is 11.3 Å². The second-order valence-corrected chi connectivity index (χ2v) is 24.1. The molecule has 4 fully saturated rings. The lowest BCUT2D eigenvalue weighted by molar-refractivity contribution is -0.164. The summed E-state index contributed by atoms with van der Waals surface area (Å²) < 4.78 is 6.40. The molecule has 4 aromatic rings. The monoisotopic (exact) mass is 1020 g/mol. The molecule has 1 aliphatic carbocycles. The summed E-state index contributed by atoms with van der Waals surface area (Å²) in [5.74, 6) is -0.462. The number of rotatable bonds is 16. The van der Waals surface area contributed by atoms with E-state index in [4.69, 9.17) is 16.3 Å². The van der Waals surface area contributed by atoms with E-state index in [1.54, 1.807) is 29.5 Å². The van der Waals surface area contributed by atoms with Gasteiger partial charge in [0.15, 0.2) is 0 Å². The summed E-state index contributed by atoms with van der Waals surface area (Å²) in [5.41, 5.74) is 5.56. The Labute approximate surface area is 433 Å². The number of ether oxygens (including phenoxy) is 1. The van der Waals surface area contributed by atoms with Crippen molar-refractivity contribution in [2.45, 2.75) is 143 Å². The molecule has 0 spiro atoms. The molecule has 3 aromatic carbocycles. The van der Waals surface area contributed by atoms with Crippen molar-refractivity contribution >= 4 is 46.6 Å². The summed E-state index contributed by atoms with van der Waals surface area (Å²) in [6, 6.07) is 21.3. The molecule has 3 saturated heterocycles. The van der Waals surface area contributed by atoms with Crippen molar-refractivity contribution in [3.63, 3.8) is 0 Å². The highest BCUT2D eigenvalue weighted by molar-refractivity contribution is 7.13. The van der Waals surface area contributed by atoms with Crippen molar-refractivity contribution in [2.75, 3.05) is 32.7 Å². The fourth-order valence-corrected chi connectivity index (χ4v) is 13.1. The van der Waals surface area contributed by atoms with Crippen LogP contribution in [0.3, 0.4) is 0 Å². The van der Waals surface area contributed by atoms with E-state index in [0.717, 1.165) is 67.0 Å². The van der Waals surface area contributed by atoms with Crippen LogP contribution in [-0.4, -0.2) is 124 Å². The lowest BCUT2D eigenvalue weighted by Gasteiger charge is -2.63. The molecule has 1 saturated carbocycles. The van der Waals surface area contributed by atoms with Crippen LogP contribution in [-0.2, 0) is 20.8 Å². The molecule has 4 aliphatic rings. The van der Waals surface area contributed by atoms with Crippen molar-refractivity contribution in [1.29, 1.82) is 5.26 Å². The number of hydrogen-bond acceptors (Lipinski definition) is 11. The number of β-amino-alcohol motifs (C(OH)–C–C–N with tert-alkyl or cyclic N) is 1. The molecular formula is C56H71ClN8O6S. The van der Waals surface area contributed by atoms with Crippen molar-refractivity contribution < 1.29 is 29.0 Å². The molecule has 1 aromatic heterocycles. The standard InChI is InChI=1S/C56H71ClN8O6S/c1-33(36-16-18-37(19-17-36)47-34(2)59-32-72-47)60-50(69)45-25-42(66)30-65(45)51(70)48(54(3,4)5)61-46(67)31-64-40-21-22-41(64)29-63(28-40)24-10-11-35-12-14-38(15-13-35)49(68)62-52-55(6,7)53(56(52,8)9)71-43-23-20-39(27-58)44(57)26-43/h12-20,23,26,32-33,40-42,45,48,52-53,66H,10-11,21-22,24-25,28-31H2,1-9H3,(H,60,69)(H,61,67)(H,62,68)/t33-,40-,41-,42+,45-,48+,52-,53-/m0/s1. The molecule has 0 unspecified atom stereocenters. The van der Waals surface area contributed by atoms with Crippen molar-refractivity contribution in [3.8, 4) is 22.3 Å². The number of aliphatic hydroxyl groups is 1. The average molecular weight is 1020 g/mol. The van der Waals surface area contributed by atoms with Crippen LogP contribution < -0.4 is 20.7 Å². The van der Waals surface area contributed by atoms with Crippen LogP contribution in [0.4, 0.5) is 0 Å². The van der Waals surface area contributed by atoms with Crippen molar-refractivity contribution in [1.82, 2.24) is 35.6 Å². The van der Waals surface area contributed by atoms with Gasteiger partial charge in [0.2, 0.25) is 17.7 Å². The van der Waals surface area contributed by atoms with E-state index < -0.39 is 23.6 Å². The summed E-state index contributed by atoms with van der Waals surface area (Å²) in [6.45, 7) is 20.8. The maximum absolute atomic E-state index is 14.4. The molecule has 2 bridgehead atoms. The van der Waals surface area contributed by atoms with Gasteiger partial charge in [0, 0.05) is 66.6 Å². The lowest BCUT2D eigenvalue weighted by atomic mass is 9.49. The summed E-state index contributed by atoms with van der Waals surface area (Å²) in [6.07, 6.45) is 2.92. The van der Waals surface area contributed by atoms with E-state index in [9.17, 15) is 29.5 Å². The third-order valence-corrected chi connectivity index (χ3v) is 17.0. The normalized spacial score (nSPS) is 24.4. The van der Waals surface area contributed by atoms with Gasteiger partial charge in [-0.3, -0.25) is 24.1 Å². The highest BCUT2D eigenvalue weighted by Crippen LogP contribution is 2.55. The number of amides is 4. The van der Waals surface area contributed by atoms with Gasteiger partial charge >= 0.3 is 0 Å². The zero-order chi connectivity index (χ0) is 51.9. The number of thiazole rings is 1. The summed E-state index contributed by atoms with van der Waals surface area (Å²) in [4.78, 5) is 67.4. The number of benzene rings is 3. The summed E-state index contributed by atoms with van der Waals surface area (Å²) in [7, 11) is 0. The Kier molecular flexibility index (Phi) is 15.6. The van der Waals surface area contributed by atoms with Gasteiger partial charge in [0.1, 0.15) is 30.0 Å². The maximum Gasteiger partial charge on any atom is 0.251 e. The molecule has 14 nitrogen and oxygen atoms in total. The zero-order valence-corrected chi connectivity index (χ0v) is 44.7. The highest BCUT2D eigenvalue weighted by Gasteiger charge is 2.64. The first-order chi connectivity index (χ1) is 34.0. The minimum absolute atomic E-state index is 0.0150. The smallest absolute Gasteiger partial charge is 0.251 e. The second-order valence-electron chi connectivity index (χ2n) is 22.8. The average Bonchev–Trinajstić information content (AvgIpc) is 4.01. The van der Waals surface area contributed by atoms with Gasteiger partial charge in [0.05, 0.1) is 45.4 Å². The number of fused-ring (bicyclic) bond motifs is 2. The van der Waals surface area contributed by atoms with Gasteiger partial charge in [-0.25, -0.2) is 4.98 Å². The number of aliphatic hydroxyl groups excluding tert-OH is 1. The molecular weight excluding hydrogens is 948 g/mol. The number of hydrogen-bond donors (Lipinski definition) is 4. The number of carbonyl (C=O) groups is 4. The van der Waals surface area contributed by atoms with Gasteiger partial charge in [-0.05, 0) is 92.4 Å². The minimum atomic E-state index is -0.897. The second kappa shape index (κ2) is 21.2. The van der Waals surface area contributed by atoms with Crippen LogP contribution in [0.5, 0.6) is 5.75 Å². The first-order valence-electron chi connectivity index (χ1n) is 25.4. The maximum atomic E-state index is 14.4. The SMILES string of the molecule is Cc1ncsc1-c1ccc([C@H](C)NC(=O)[C@@H]2C[C@@H](O)CN2C(=O)[C@@H](NC(=O)CN2[C@H]3CC[C@H]2CN(CCCc2ccc(C(=O)N[C@H]4C(C)(C)[C@H](Oc5ccc(C#N)c(Cl)c5)C4(C)C)cc2)C3)C(C)(C)C)cc1. The third-order valence-electron chi connectivity index (χ3n) is 15.7. The van der Waals surface area contributed by atoms with E-state index in [-0.39, 0.29) is 84.2 Å². The molecule has 4 amide bonds. The van der Waals surface area contributed by atoms with Crippen LogP contribution in [0.15, 0.2) is 72.2 Å². The third kappa shape index (κ3) is 11.2. The van der Waals surface area contributed by atoms with Crippen LogP contribution in [0.25, 0.3) is 10.4 Å². The first kappa shape index (κ1) is 52.9. The largest absolute Gasteiger partial charge is 0.489 e. The number of nitriles is 1. The van der Waals surface area contributed by atoms with Crippen molar-refractivity contribution in [3.05, 3.63) is 105 Å². The van der Waals surface area contributed by atoms with E-state index in [2.05, 4.69) is 64.5 Å². The number of aromatic nitrogens is 1. The van der Waals surface area contributed by atoms with Crippen LogP contribution >= 0.6 is 22.9 Å². The number of nitrogens with one attached hydrogen (secondary N) is 3. The predicted molar refractivity (Wildman–Crippen MR) is 280 cm³/mol. The number of likely N-dealkylation sites (tertiary alicyclic amines) is 2. The predicted octanol–water partition coefficient (Wildman–Crippen LogP) is 7.71. The molecule has 8 rings (SSSR count). The molecule has 72 heavy (non-hydrogen) atoms. The molecule has 16 heteroatoms. The molecule has 3 aliphatic heterocycles. The Balaban J connectivity index is 0.790. The van der Waals surface area contributed by atoms with Crippen LogP contribution in [0.2, 0.25) is 5.02 Å². The number of nitrogens with zero attached hydrogens (tertiary/aromatic N) is 5. The summed E-state index contributed by atoms with van der Waals surface area (Å²) in [5, 5.41) is 29.8. The van der Waals surface area contributed by atoms with Gasteiger partial charge in [0.25, 0.3) is 5.91 Å². The number of carbonyl (C=O) groups excluding carboxylic acids is 4. The van der Waals surface area contributed by atoms with Crippen LogP contribution in [0.1, 0.15) is 120 Å². The quantitative estimate of drug-likeness (QED) is 0.0869. The Morgan fingerprint density at radius 2 is 1.62 bits per heavy atom. The van der Waals surface area contributed by atoms with Gasteiger partial charge in [-0.1, -0.05) is 96.5 Å². The van der Waals surface area contributed by atoms with Crippen LogP contribution in [0, 0.1) is 34.5 Å². The fourth-order valence-electron chi connectivity index (χ4n) is 12.0. The van der Waals surface area contributed by atoms with E-state index in [1.807, 2.05) is 88.7 Å². The molecule has 6 atom stereocenters. The Morgan fingerprint density at radius 3 is 2.22 bits per heavy atom. The molecule has 4 heterocycles. The number of piperazine rings is 1. The minimum Gasteiger partial charge on any atom is -0.489 e. The lowest BCUT2D eigenvalue weighted by Crippen LogP contribution is -2.74. The first-order valence-corrected chi connectivity index (χ1v) is 26.6. The molecule has 4 N–H and O–H groups in total. The molecule has 384 valence electrons. The topological polar surface area (TPSA) is 180 Å². The van der Waals surface area contributed by atoms with E-state index >= 15 is 0 Å². The summed E-state index contributed by atoms with van der Waals surface area (Å²) >= 11 is 7.86. The fraction of sp³-hybridized carbons (Fsp3) is 0.536. The number of aryl methyl sites for hydroxylation is 2. The Hall–Kier alpha value is -5.37. The highest BCUT2D eigenvalue weighted by atomic mass is 35.5. The molecule has 0 radical (unpaired) electrons. The Bertz CT molecular complexity index is 2650. The van der Waals surface area contributed by atoms with E-state index in [1.165, 1.54) is 10.5 Å². The van der Waals surface area contributed by atoms with E-state index in [0.29, 0.717) is 21.9 Å². The van der Waals surface area contributed by atoms with Crippen molar-refractivity contribution in [2.24, 2.45) is 16.2 Å².